The SMILES string of the molecule is CCNC(=NCc1ccccc1S(=O)(=O)NC(C)(C)C)NCC(C)(C)SC.I. The normalized spacial score (nSPS) is 13.0. The minimum atomic E-state index is -3.61. The predicted molar refractivity (Wildman–Crippen MR) is 132 cm³/mol. The number of nitrogens with one attached hydrogen (secondary N) is 3. The molecule has 0 fully saturated rings. The van der Waals surface area contributed by atoms with Crippen molar-refractivity contribution in [2.75, 3.05) is 19.3 Å². The molecule has 0 aliphatic carbocycles. The van der Waals surface area contributed by atoms with Crippen molar-refractivity contribution in [3.8, 4) is 0 Å². The Kier molecular flexibility index (Phi) is 11.4. The van der Waals surface area contributed by atoms with Crippen LogP contribution in [0.5, 0.6) is 0 Å². The summed E-state index contributed by atoms with van der Waals surface area (Å²) in [6.07, 6.45) is 2.08. The lowest BCUT2D eigenvalue weighted by Crippen LogP contribution is -2.43. The predicted octanol–water partition coefficient (Wildman–Crippen LogP) is 3.58. The van der Waals surface area contributed by atoms with Gasteiger partial charge in [-0.3, -0.25) is 0 Å². The van der Waals surface area contributed by atoms with Gasteiger partial charge in [0, 0.05) is 23.4 Å². The van der Waals surface area contributed by atoms with E-state index in [0.29, 0.717) is 11.5 Å². The van der Waals surface area contributed by atoms with Crippen molar-refractivity contribution in [1.29, 1.82) is 0 Å². The quantitative estimate of drug-likeness (QED) is 0.266. The van der Waals surface area contributed by atoms with Crippen molar-refractivity contribution in [3.63, 3.8) is 0 Å². The molecule has 1 aromatic rings. The molecule has 9 heteroatoms. The summed E-state index contributed by atoms with van der Waals surface area (Å²) in [5.41, 5.74) is 0.116. The molecule has 0 atom stereocenters. The van der Waals surface area contributed by atoms with Gasteiger partial charge in [0.25, 0.3) is 0 Å². The maximum atomic E-state index is 12.7. The fourth-order valence-electron chi connectivity index (χ4n) is 2.23. The van der Waals surface area contributed by atoms with Gasteiger partial charge in [-0.2, -0.15) is 11.8 Å². The highest BCUT2D eigenvalue weighted by Gasteiger charge is 2.24. The van der Waals surface area contributed by atoms with Gasteiger partial charge in [-0.1, -0.05) is 18.2 Å². The van der Waals surface area contributed by atoms with Crippen LogP contribution in [0.25, 0.3) is 0 Å². The first-order valence-corrected chi connectivity index (χ1v) is 11.8. The highest BCUT2D eigenvalue weighted by Crippen LogP contribution is 2.20. The van der Waals surface area contributed by atoms with Gasteiger partial charge in [0.2, 0.25) is 10.0 Å². The fraction of sp³-hybridized carbons (Fsp3) is 0.632. The van der Waals surface area contributed by atoms with Crippen LogP contribution in [0.2, 0.25) is 0 Å². The summed E-state index contributed by atoms with van der Waals surface area (Å²) in [7, 11) is -3.61. The van der Waals surface area contributed by atoms with Crippen molar-refractivity contribution >= 4 is 51.7 Å². The molecule has 0 unspecified atom stereocenters. The van der Waals surface area contributed by atoms with Crippen LogP contribution in [0, 0.1) is 0 Å². The lowest BCUT2D eigenvalue weighted by Gasteiger charge is -2.24. The van der Waals surface area contributed by atoms with E-state index in [4.69, 9.17) is 0 Å². The second-order valence-corrected chi connectivity index (χ2v) is 11.1. The topological polar surface area (TPSA) is 82.6 Å². The first kappa shape index (κ1) is 27.5. The van der Waals surface area contributed by atoms with Crippen LogP contribution in [0.4, 0.5) is 0 Å². The third kappa shape index (κ3) is 9.80. The fourth-order valence-corrected chi connectivity index (χ4v) is 4.10. The average Bonchev–Trinajstić information content (AvgIpc) is 2.55. The van der Waals surface area contributed by atoms with Crippen LogP contribution in [-0.4, -0.2) is 44.0 Å². The van der Waals surface area contributed by atoms with Crippen molar-refractivity contribution in [2.24, 2.45) is 4.99 Å². The van der Waals surface area contributed by atoms with E-state index in [0.717, 1.165) is 13.1 Å². The van der Waals surface area contributed by atoms with Gasteiger partial charge in [-0.05, 0) is 59.4 Å². The zero-order valence-corrected chi connectivity index (χ0v) is 21.9. The number of nitrogens with zero attached hydrogens (tertiary/aromatic N) is 1. The molecular weight excluding hydrogens is 507 g/mol. The van der Waals surface area contributed by atoms with Crippen LogP contribution in [0.15, 0.2) is 34.2 Å². The molecule has 0 aliphatic heterocycles. The lowest BCUT2D eigenvalue weighted by molar-refractivity contribution is 0.491. The van der Waals surface area contributed by atoms with E-state index in [9.17, 15) is 8.42 Å². The number of guanidine groups is 1. The molecule has 0 aliphatic rings. The molecule has 0 heterocycles. The van der Waals surface area contributed by atoms with Gasteiger partial charge in [0.05, 0.1) is 11.4 Å². The van der Waals surface area contributed by atoms with Crippen LogP contribution in [-0.2, 0) is 16.6 Å². The zero-order valence-electron chi connectivity index (χ0n) is 17.9. The van der Waals surface area contributed by atoms with Crippen LogP contribution >= 0.6 is 35.7 Å². The van der Waals surface area contributed by atoms with E-state index in [1.807, 2.05) is 33.8 Å². The molecular formula is C19H35IN4O2S2. The van der Waals surface area contributed by atoms with E-state index in [-0.39, 0.29) is 40.2 Å². The second kappa shape index (κ2) is 11.6. The number of thioether (sulfide) groups is 1. The molecule has 162 valence electrons. The Morgan fingerprint density at radius 3 is 2.25 bits per heavy atom. The van der Waals surface area contributed by atoms with Crippen LogP contribution in [0.3, 0.4) is 0 Å². The molecule has 0 saturated heterocycles. The first-order chi connectivity index (χ1) is 12.4. The summed E-state index contributed by atoms with van der Waals surface area (Å²) in [6, 6.07) is 6.99. The third-order valence-electron chi connectivity index (χ3n) is 3.69. The second-order valence-electron chi connectivity index (χ2n) is 7.98. The molecule has 0 radical (unpaired) electrons. The van der Waals surface area contributed by atoms with Crippen molar-refractivity contribution in [3.05, 3.63) is 29.8 Å². The minimum Gasteiger partial charge on any atom is -0.357 e. The molecule has 6 nitrogen and oxygen atoms in total. The van der Waals surface area contributed by atoms with Gasteiger partial charge in [-0.25, -0.2) is 18.1 Å². The molecule has 1 rings (SSSR count). The van der Waals surface area contributed by atoms with Gasteiger partial charge in [0.1, 0.15) is 0 Å². The molecule has 0 aromatic heterocycles. The van der Waals surface area contributed by atoms with Crippen LogP contribution in [0.1, 0.15) is 47.1 Å². The Hall–Kier alpha value is -0.520. The largest absolute Gasteiger partial charge is 0.357 e. The van der Waals surface area contributed by atoms with Crippen molar-refractivity contribution < 1.29 is 8.42 Å². The average molecular weight is 543 g/mol. The highest BCUT2D eigenvalue weighted by molar-refractivity contribution is 14.0. The number of hydrogen-bond acceptors (Lipinski definition) is 4. The maximum absolute atomic E-state index is 12.7. The summed E-state index contributed by atoms with van der Waals surface area (Å²) in [5.74, 6) is 0.676. The summed E-state index contributed by atoms with van der Waals surface area (Å²) in [4.78, 5) is 4.85. The molecule has 3 N–H and O–H groups in total. The lowest BCUT2D eigenvalue weighted by atomic mass is 10.1. The maximum Gasteiger partial charge on any atom is 0.241 e. The molecule has 28 heavy (non-hydrogen) atoms. The standard InChI is InChI=1S/C19H34N4O2S2.HI/c1-8-20-17(22-14-19(5,6)26-7)21-13-15-11-9-10-12-16(15)27(24,25)23-18(2,3)4;/h9-12,23H,8,13-14H2,1-7H3,(H2,20,21,22);1H. The summed E-state index contributed by atoms with van der Waals surface area (Å²) >= 11 is 1.78. The zero-order chi connectivity index (χ0) is 20.7. The number of rotatable bonds is 8. The van der Waals surface area contributed by atoms with E-state index in [1.165, 1.54) is 0 Å². The highest BCUT2D eigenvalue weighted by atomic mass is 127. The monoisotopic (exact) mass is 542 g/mol. The molecule has 0 saturated carbocycles. The van der Waals surface area contributed by atoms with E-state index in [1.54, 1.807) is 30.0 Å². The van der Waals surface area contributed by atoms with Crippen LogP contribution < -0.4 is 15.4 Å². The smallest absolute Gasteiger partial charge is 0.241 e. The van der Waals surface area contributed by atoms with Crippen molar-refractivity contribution in [2.45, 2.75) is 63.3 Å². The number of hydrogen-bond donors (Lipinski definition) is 3. The Labute approximate surface area is 192 Å². The minimum absolute atomic E-state index is 0. The van der Waals surface area contributed by atoms with E-state index < -0.39 is 15.6 Å². The number of aliphatic imine (C=N–C) groups is 1. The van der Waals surface area contributed by atoms with E-state index >= 15 is 0 Å². The first-order valence-electron chi connectivity index (χ1n) is 9.09. The Bertz CT molecular complexity index is 745. The van der Waals surface area contributed by atoms with E-state index in [2.05, 4.69) is 40.5 Å². The molecule has 0 spiro atoms. The Morgan fingerprint density at radius 2 is 1.71 bits per heavy atom. The summed E-state index contributed by atoms with van der Waals surface area (Å²) in [6.45, 7) is 13.6. The van der Waals surface area contributed by atoms with Crippen molar-refractivity contribution in [1.82, 2.24) is 15.4 Å². The molecule has 1 aromatic carbocycles. The van der Waals surface area contributed by atoms with Gasteiger partial charge >= 0.3 is 0 Å². The number of benzene rings is 1. The summed E-state index contributed by atoms with van der Waals surface area (Å²) in [5, 5.41) is 6.54. The number of halogens is 1. The molecule has 0 bridgehead atoms. The third-order valence-corrected chi connectivity index (χ3v) is 6.80. The summed E-state index contributed by atoms with van der Waals surface area (Å²) < 4.78 is 28.3. The van der Waals surface area contributed by atoms with Gasteiger partial charge in [-0.15, -0.1) is 24.0 Å². The Morgan fingerprint density at radius 1 is 1.11 bits per heavy atom. The Balaban J connectivity index is 0.00000729. The van der Waals surface area contributed by atoms with Gasteiger partial charge in [0.15, 0.2) is 5.96 Å². The number of sulfonamides is 1. The molecule has 0 amide bonds. The van der Waals surface area contributed by atoms with Gasteiger partial charge < -0.3 is 10.6 Å².